The highest BCUT2D eigenvalue weighted by atomic mass is 19.1. The van der Waals surface area contributed by atoms with Crippen LogP contribution in [-0.4, -0.2) is 27.4 Å². The minimum absolute atomic E-state index is 0.0950. The summed E-state index contributed by atoms with van der Waals surface area (Å²) in [5.41, 5.74) is 2.95. The highest BCUT2D eigenvalue weighted by Crippen LogP contribution is 2.18. The predicted octanol–water partition coefficient (Wildman–Crippen LogP) is 3.68. The number of benzene rings is 2. The molecule has 0 unspecified atom stereocenters. The lowest BCUT2D eigenvalue weighted by Gasteiger charge is -2.07. The number of amides is 1. The van der Waals surface area contributed by atoms with Crippen molar-refractivity contribution in [3.05, 3.63) is 89.8 Å². The lowest BCUT2D eigenvalue weighted by molar-refractivity contribution is 0.0945. The van der Waals surface area contributed by atoms with Gasteiger partial charge in [0, 0.05) is 35.8 Å². The number of nitrogens with zero attached hydrogens (tertiary/aromatic N) is 2. The molecule has 2 aromatic carbocycles. The SMILES string of the molecule is O=C(NCc1ccccc1F)c1cnc(NCCc2c[nH]c3ccccc23)cn1. The van der Waals surface area contributed by atoms with Crippen molar-refractivity contribution in [2.24, 2.45) is 0 Å². The molecule has 4 aromatic rings. The summed E-state index contributed by atoms with van der Waals surface area (Å²) in [4.78, 5) is 23.8. The number of nitrogens with one attached hydrogen (secondary N) is 3. The van der Waals surface area contributed by atoms with E-state index in [-0.39, 0.29) is 18.1 Å². The van der Waals surface area contributed by atoms with Crippen molar-refractivity contribution >= 4 is 22.6 Å². The standard InChI is InChI=1S/C22H20FN5O/c23-18-7-3-1-5-16(18)12-28-22(29)20-13-27-21(14-26-20)24-10-9-15-11-25-19-8-4-2-6-17(15)19/h1-8,11,13-14,25H,9-10,12H2,(H,24,27)(H,28,29). The van der Waals surface area contributed by atoms with Crippen LogP contribution in [0, 0.1) is 5.82 Å². The highest BCUT2D eigenvalue weighted by Gasteiger charge is 2.09. The molecule has 0 radical (unpaired) electrons. The summed E-state index contributed by atoms with van der Waals surface area (Å²) in [5, 5.41) is 7.07. The first-order valence-corrected chi connectivity index (χ1v) is 9.33. The lowest BCUT2D eigenvalue weighted by Crippen LogP contribution is -2.24. The van der Waals surface area contributed by atoms with Gasteiger partial charge in [-0.25, -0.2) is 14.4 Å². The molecule has 2 aromatic heterocycles. The van der Waals surface area contributed by atoms with E-state index in [4.69, 9.17) is 0 Å². The van der Waals surface area contributed by atoms with E-state index in [0.717, 1.165) is 11.9 Å². The molecule has 29 heavy (non-hydrogen) atoms. The second-order valence-corrected chi connectivity index (χ2v) is 6.60. The van der Waals surface area contributed by atoms with Crippen molar-refractivity contribution in [3.63, 3.8) is 0 Å². The zero-order valence-electron chi connectivity index (χ0n) is 15.7. The Morgan fingerprint density at radius 3 is 2.66 bits per heavy atom. The van der Waals surface area contributed by atoms with Crippen molar-refractivity contribution in [2.75, 3.05) is 11.9 Å². The average Bonchev–Trinajstić information content (AvgIpc) is 3.17. The van der Waals surface area contributed by atoms with Crippen LogP contribution in [0.25, 0.3) is 10.9 Å². The van der Waals surface area contributed by atoms with E-state index in [1.807, 2.05) is 24.4 Å². The Labute approximate surface area is 167 Å². The normalized spacial score (nSPS) is 10.8. The molecule has 0 atom stereocenters. The topological polar surface area (TPSA) is 82.7 Å². The van der Waals surface area contributed by atoms with Gasteiger partial charge in [-0.3, -0.25) is 4.79 Å². The van der Waals surface area contributed by atoms with Crippen molar-refractivity contribution in [1.82, 2.24) is 20.3 Å². The van der Waals surface area contributed by atoms with E-state index in [1.165, 1.54) is 29.4 Å². The van der Waals surface area contributed by atoms with Crippen LogP contribution in [0.2, 0.25) is 0 Å². The number of H-pyrrole nitrogens is 1. The van der Waals surface area contributed by atoms with Gasteiger partial charge in [0.25, 0.3) is 5.91 Å². The third kappa shape index (κ3) is 4.40. The summed E-state index contributed by atoms with van der Waals surface area (Å²) >= 11 is 0. The lowest BCUT2D eigenvalue weighted by atomic mass is 10.1. The van der Waals surface area contributed by atoms with Crippen LogP contribution in [0.15, 0.2) is 67.1 Å². The number of hydrogen-bond donors (Lipinski definition) is 3. The van der Waals surface area contributed by atoms with E-state index in [9.17, 15) is 9.18 Å². The molecule has 0 spiro atoms. The number of fused-ring (bicyclic) bond motifs is 1. The van der Waals surface area contributed by atoms with Gasteiger partial charge in [-0.1, -0.05) is 36.4 Å². The Morgan fingerprint density at radius 1 is 1.00 bits per heavy atom. The molecular weight excluding hydrogens is 369 g/mol. The third-order valence-electron chi connectivity index (χ3n) is 4.66. The average molecular weight is 389 g/mol. The summed E-state index contributed by atoms with van der Waals surface area (Å²) in [6, 6.07) is 14.5. The minimum Gasteiger partial charge on any atom is -0.368 e. The zero-order valence-corrected chi connectivity index (χ0v) is 15.7. The van der Waals surface area contributed by atoms with E-state index < -0.39 is 5.91 Å². The predicted molar refractivity (Wildman–Crippen MR) is 110 cm³/mol. The van der Waals surface area contributed by atoms with Gasteiger partial charge in [0.15, 0.2) is 0 Å². The smallest absolute Gasteiger partial charge is 0.271 e. The van der Waals surface area contributed by atoms with Gasteiger partial charge in [-0.05, 0) is 24.1 Å². The number of halogens is 1. The molecule has 0 fully saturated rings. The van der Waals surface area contributed by atoms with E-state index >= 15 is 0 Å². The zero-order chi connectivity index (χ0) is 20.1. The first-order chi connectivity index (χ1) is 14.2. The Hall–Kier alpha value is -3.74. The number of carbonyl (C=O) groups is 1. The molecule has 146 valence electrons. The maximum atomic E-state index is 13.6. The Morgan fingerprint density at radius 2 is 1.83 bits per heavy atom. The summed E-state index contributed by atoms with van der Waals surface area (Å²) < 4.78 is 13.6. The fourth-order valence-corrected chi connectivity index (χ4v) is 3.11. The Bertz CT molecular complexity index is 1120. The minimum atomic E-state index is -0.397. The summed E-state index contributed by atoms with van der Waals surface area (Å²) in [6.07, 6.45) is 5.77. The van der Waals surface area contributed by atoms with E-state index in [0.29, 0.717) is 17.9 Å². The van der Waals surface area contributed by atoms with Crippen LogP contribution in [0.1, 0.15) is 21.6 Å². The first-order valence-electron chi connectivity index (χ1n) is 9.33. The molecule has 2 heterocycles. The number of aromatic amines is 1. The number of carbonyl (C=O) groups excluding carboxylic acids is 1. The van der Waals surface area contributed by atoms with Crippen molar-refractivity contribution < 1.29 is 9.18 Å². The molecule has 3 N–H and O–H groups in total. The number of para-hydroxylation sites is 1. The summed E-state index contributed by atoms with van der Waals surface area (Å²) in [7, 11) is 0. The van der Waals surface area contributed by atoms with Crippen LogP contribution >= 0.6 is 0 Å². The molecule has 0 aliphatic carbocycles. The van der Waals surface area contributed by atoms with Crippen LogP contribution in [0.4, 0.5) is 10.2 Å². The van der Waals surface area contributed by atoms with Gasteiger partial charge >= 0.3 is 0 Å². The van der Waals surface area contributed by atoms with Crippen molar-refractivity contribution in [2.45, 2.75) is 13.0 Å². The largest absolute Gasteiger partial charge is 0.368 e. The fraction of sp³-hybridized carbons (Fsp3) is 0.136. The molecule has 4 rings (SSSR count). The molecule has 6 nitrogen and oxygen atoms in total. The molecule has 7 heteroatoms. The summed E-state index contributed by atoms with van der Waals surface area (Å²) in [5.74, 6) is -0.157. The quantitative estimate of drug-likeness (QED) is 0.450. The van der Waals surface area contributed by atoms with Crippen LogP contribution in [-0.2, 0) is 13.0 Å². The molecule has 0 bridgehead atoms. The van der Waals surface area contributed by atoms with Gasteiger partial charge in [-0.15, -0.1) is 0 Å². The first kappa shape index (κ1) is 18.6. The van der Waals surface area contributed by atoms with Crippen LogP contribution in [0.5, 0.6) is 0 Å². The molecule has 0 aliphatic rings. The van der Waals surface area contributed by atoms with Crippen LogP contribution < -0.4 is 10.6 Å². The maximum absolute atomic E-state index is 13.6. The third-order valence-corrected chi connectivity index (χ3v) is 4.66. The highest BCUT2D eigenvalue weighted by molar-refractivity contribution is 5.92. The number of hydrogen-bond acceptors (Lipinski definition) is 4. The number of anilines is 1. The summed E-state index contributed by atoms with van der Waals surface area (Å²) in [6.45, 7) is 0.785. The van der Waals surface area contributed by atoms with Crippen LogP contribution in [0.3, 0.4) is 0 Å². The second kappa shape index (κ2) is 8.52. The van der Waals surface area contributed by atoms with Crippen molar-refractivity contribution in [3.8, 4) is 0 Å². The molecular formula is C22H20FN5O. The number of aromatic nitrogens is 3. The second-order valence-electron chi connectivity index (χ2n) is 6.60. The van der Waals surface area contributed by atoms with Gasteiger partial charge in [-0.2, -0.15) is 0 Å². The molecule has 0 saturated heterocycles. The monoisotopic (exact) mass is 389 g/mol. The molecule has 1 amide bonds. The van der Waals surface area contributed by atoms with Gasteiger partial charge in [0.2, 0.25) is 0 Å². The van der Waals surface area contributed by atoms with E-state index in [1.54, 1.807) is 18.2 Å². The molecule has 0 aliphatic heterocycles. The number of rotatable bonds is 7. The van der Waals surface area contributed by atoms with Gasteiger partial charge in [0.05, 0.1) is 12.4 Å². The fourth-order valence-electron chi connectivity index (χ4n) is 3.11. The van der Waals surface area contributed by atoms with Crippen molar-refractivity contribution in [1.29, 1.82) is 0 Å². The van der Waals surface area contributed by atoms with Gasteiger partial charge < -0.3 is 15.6 Å². The maximum Gasteiger partial charge on any atom is 0.271 e. The molecule has 0 saturated carbocycles. The van der Waals surface area contributed by atoms with E-state index in [2.05, 4.69) is 31.7 Å². The van der Waals surface area contributed by atoms with Gasteiger partial charge in [0.1, 0.15) is 17.3 Å². The Balaban J connectivity index is 1.29. The Kier molecular flexibility index (Phi) is 5.47.